The normalized spacial score (nSPS) is 20.6. The minimum atomic E-state index is 0.00273. The molecule has 0 amide bonds. The molecule has 2 heteroatoms. The Morgan fingerprint density at radius 2 is 1.80 bits per heavy atom. The molecule has 15 heavy (non-hydrogen) atoms. The molecule has 2 nitrogen and oxygen atoms in total. The molecule has 0 aromatic heterocycles. The number of rotatable bonds is 8. The fourth-order valence-corrected chi connectivity index (χ4v) is 2.11. The number of cyclic esters (lactones) is 1. The van der Waals surface area contributed by atoms with Gasteiger partial charge in [0.15, 0.2) is 0 Å². The van der Waals surface area contributed by atoms with Crippen molar-refractivity contribution in [1.29, 1.82) is 0 Å². The molecule has 1 rings (SSSR count). The largest absolute Gasteiger partial charge is 0.462 e. The van der Waals surface area contributed by atoms with Crippen molar-refractivity contribution in [3.63, 3.8) is 0 Å². The van der Waals surface area contributed by atoms with E-state index >= 15 is 0 Å². The Labute approximate surface area is 93.4 Å². The second kappa shape index (κ2) is 7.72. The average Bonchev–Trinajstić information content (AvgIpc) is 2.63. The van der Waals surface area contributed by atoms with Crippen LogP contribution in [0.5, 0.6) is 0 Å². The smallest absolute Gasteiger partial charge is 0.306 e. The lowest BCUT2D eigenvalue weighted by molar-refractivity contribution is -0.141. The average molecular weight is 212 g/mol. The van der Waals surface area contributed by atoms with Crippen molar-refractivity contribution in [2.45, 2.75) is 77.2 Å². The standard InChI is InChI=1S/C13H24O2/c1-2-3-4-5-6-7-8-9-12-10-11-13(14)15-12/h12H,2-11H2,1H3/t12-/m1/s1. The summed E-state index contributed by atoms with van der Waals surface area (Å²) < 4.78 is 5.17. The van der Waals surface area contributed by atoms with Crippen LogP contribution in [0.3, 0.4) is 0 Å². The lowest BCUT2D eigenvalue weighted by atomic mass is 10.1. The molecule has 0 bridgehead atoms. The minimum Gasteiger partial charge on any atom is -0.462 e. The zero-order valence-electron chi connectivity index (χ0n) is 9.96. The Kier molecular flexibility index (Phi) is 6.45. The number of carbonyl (C=O) groups is 1. The van der Waals surface area contributed by atoms with Crippen molar-refractivity contribution in [3.05, 3.63) is 0 Å². The molecule has 1 atom stereocenters. The molecule has 88 valence electrons. The van der Waals surface area contributed by atoms with E-state index in [1.54, 1.807) is 0 Å². The Balaban J connectivity index is 1.83. The van der Waals surface area contributed by atoms with Gasteiger partial charge >= 0.3 is 5.97 Å². The van der Waals surface area contributed by atoms with Gasteiger partial charge in [-0.3, -0.25) is 4.79 Å². The fraction of sp³-hybridized carbons (Fsp3) is 0.923. The number of unbranched alkanes of at least 4 members (excludes halogenated alkanes) is 6. The monoisotopic (exact) mass is 212 g/mol. The van der Waals surface area contributed by atoms with Gasteiger partial charge in [-0.1, -0.05) is 45.4 Å². The molecule has 0 N–H and O–H groups in total. The van der Waals surface area contributed by atoms with E-state index in [0.29, 0.717) is 6.42 Å². The van der Waals surface area contributed by atoms with Gasteiger partial charge in [-0.2, -0.15) is 0 Å². The van der Waals surface area contributed by atoms with E-state index in [-0.39, 0.29) is 12.1 Å². The SMILES string of the molecule is CCCCCCCCC[C@@H]1CCC(=O)O1. The van der Waals surface area contributed by atoms with Gasteiger partial charge in [0.25, 0.3) is 0 Å². The summed E-state index contributed by atoms with van der Waals surface area (Å²) in [5.74, 6) is 0.00273. The van der Waals surface area contributed by atoms with Crippen LogP contribution in [0.4, 0.5) is 0 Å². The van der Waals surface area contributed by atoms with Gasteiger partial charge in [-0.15, -0.1) is 0 Å². The van der Waals surface area contributed by atoms with Crippen LogP contribution in [0.15, 0.2) is 0 Å². The van der Waals surface area contributed by atoms with Crippen LogP contribution >= 0.6 is 0 Å². The van der Waals surface area contributed by atoms with Gasteiger partial charge in [-0.05, 0) is 19.3 Å². The van der Waals surface area contributed by atoms with Crippen LogP contribution in [0.25, 0.3) is 0 Å². The maximum atomic E-state index is 10.8. The van der Waals surface area contributed by atoms with Crippen molar-refractivity contribution >= 4 is 5.97 Å². The number of carbonyl (C=O) groups excluding carboxylic acids is 1. The summed E-state index contributed by atoms with van der Waals surface area (Å²) in [5, 5.41) is 0. The quantitative estimate of drug-likeness (QED) is 0.451. The van der Waals surface area contributed by atoms with Crippen LogP contribution in [0, 0.1) is 0 Å². The highest BCUT2D eigenvalue weighted by molar-refractivity contribution is 5.71. The van der Waals surface area contributed by atoms with Crippen molar-refractivity contribution in [1.82, 2.24) is 0 Å². The van der Waals surface area contributed by atoms with E-state index in [0.717, 1.165) is 12.8 Å². The maximum absolute atomic E-state index is 10.8. The van der Waals surface area contributed by atoms with E-state index in [4.69, 9.17) is 4.74 Å². The molecule has 0 aromatic rings. The molecule has 0 spiro atoms. The maximum Gasteiger partial charge on any atom is 0.306 e. The zero-order chi connectivity index (χ0) is 10.9. The van der Waals surface area contributed by atoms with Crippen LogP contribution in [0.2, 0.25) is 0 Å². The zero-order valence-corrected chi connectivity index (χ0v) is 9.96. The summed E-state index contributed by atoms with van der Waals surface area (Å²) in [4.78, 5) is 10.8. The van der Waals surface area contributed by atoms with Crippen LogP contribution in [-0.2, 0) is 9.53 Å². The van der Waals surface area contributed by atoms with Crippen molar-refractivity contribution < 1.29 is 9.53 Å². The van der Waals surface area contributed by atoms with E-state index in [2.05, 4.69) is 6.92 Å². The van der Waals surface area contributed by atoms with Crippen molar-refractivity contribution in [2.24, 2.45) is 0 Å². The second-order valence-electron chi connectivity index (χ2n) is 4.56. The van der Waals surface area contributed by atoms with Crippen LogP contribution < -0.4 is 0 Å². The molecule has 0 radical (unpaired) electrons. The second-order valence-corrected chi connectivity index (χ2v) is 4.56. The summed E-state index contributed by atoms with van der Waals surface area (Å²) in [7, 11) is 0. The molecule has 0 aliphatic carbocycles. The molecule has 1 fully saturated rings. The van der Waals surface area contributed by atoms with Crippen LogP contribution in [0.1, 0.15) is 71.1 Å². The summed E-state index contributed by atoms with van der Waals surface area (Å²) in [6, 6.07) is 0. The molecule has 1 aliphatic rings. The summed E-state index contributed by atoms with van der Waals surface area (Å²) >= 11 is 0. The number of hydrogen-bond acceptors (Lipinski definition) is 2. The third-order valence-electron chi connectivity index (χ3n) is 3.10. The molecule has 0 aromatic carbocycles. The first-order valence-electron chi connectivity index (χ1n) is 6.52. The lowest BCUT2D eigenvalue weighted by Crippen LogP contribution is -2.06. The van der Waals surface area contributed by atoms with Gasteiger partial charge in [0, 0.05) is 6.42 Å². The van der Waals surface area contributed by atoms with Crippen molar-refractivity contribution in [2.75, 3.05) is 0 Å². The highest BCUT2D eigenvalue weighted by Crippen LogP contribution is 2.19. The van der Waals surface area contributed by atoms with E-state index in [1.807, 2.05) is 0 Å². The third kappa shape index (κ3) is 5.81. The van der Waals surface area contributed by atoms with Crippen LogP contribution in [-0.4, -0.2) is 12.1 Å². The van der Waals surface area contributed by atoms with E-state index < -0.39 is 0 Å². The Morgan fingerprint density at radius 3 is 2.40 bits per heavy atom. The number of esters is 1. The van der Waals surface area contributed by atoms with Crippen molar-refractivity contribution in [3.8, 4) is 0 Å². The van der Waals surface area contributed by atoms with E-state index in [9.17, 15) is 4.79 Å². The highest BCUT2D eigenvalue weighted by atomic mass is 16.5. The minimum absolute atomic E-state index is 0.00273. The first kappa shape index (κ1) is 12.5. The predicted molar refractivity (Wildman–Crippen MR) is 61.7 cm³/mol. The van der Waals surface area contributed by atoms with Gasteiger partial charge in [0.05, 0.1) is 0 Å². The predicted octanol–water partition coefficient (Wildman–Crippen LogP) is 3.83. The first-order chi connectivity index (χ1) is 7.33. The fourth-order valence-electron chi connectivity index (χ4n) is 2.11. The van der Waals surface area contributed by atoms with Gasteiger partial charge in [0.2, 0.25) is 0 Å². The molecular weight excluding hydrogens is 188 g/mol. The molecular formula is C13H24O2. The van der Waals surface area contributed by atoms with Gasteiger partial charge < -0.3 is 4.74 Å². The molecule has 1 saturated heterocycles. The number of ether oxygens (including phenoxy) is 1. The van der Waals surface area contributed by atoms with Gasteiger partial charge in [0.1, 0.15) is 6.10 Å². The molecule has 0 saturated carbocycles. The molecule has 1 heterocycles. The Bertz CT molecular complexity index is 177. The Hall–Kier alpha value is -0.530. The highest BCUT2D eigenvalue weighted by Gasteiger charge is 2.22. The van der Waals surface area contributed by atoms with Gasteiger partial charge in [-0.25, -0.2) is 0 Å². The third-order valence-corrected chi connectivity index (χ3v) is 3.10. The van der Waals surface area contributed by atoms with E-state index in [1.165, 1.54) is 44.9 Å². The lowest BCUT2D eigenvalue weighted by Gasteiger charge is -2.08. The summed E-state index contributed by atoms with van der Waals surface area (Å²) in [5.41, 5.74) is 0. The summed E-state index contributed by atoms with van der Waals surface area (Å²) in [6.45, 7) is 2.24. The Morgan fingerprint density at radius 1 is 1.13 bits per heavy atom. The summed E-state index contributed by atoms with van der Waals surface area (Å²) in [6.07, 6.45) is 12.2. The number of hydrogen-bond donors (Lipinski definition) is 0. The molecule has 0 unspecified atom stereocenters. The molecule has 1 aliphatic heterocycles. The first-order valence-corrected chi connectivity index (χ1v) is 6.52. The topological polar surface area (TPSA) is 26.3 Å².